The first-order valence-corrected chi connectivity index (χ1v) is 11.0. The second-order valence-corrected chi connectivity index (χ2v) is 8.87. The molecule has 0 radical (unpaired) electrons. The van der Waals surface area contributed by atoms with E-state index in [2.05, 4.69) is 22.5 Å². The molecule has 1 aliphatic heterocycles. The van der Waals surface area contributed by atoms with Crippen molar-refractivity contribution < 1.29 is 14.0 Å². The molecule has 6 heteroatoms. The van der Waals surface area contributed by atoms with Crippen molar-refractivity contribution in [2.75, 3.05) is 18.4 Å². The Bertz CT molecular complexity index is 881. The lowest BCUT2D eigenvalue weighted by molar-refractivity contribution is -0.118. The van der Waals surface area contributed by atoms with Crippen LogP contribution in [0.5, 0.6) is 0 Å². The zero-order chi connectivity index (χ0) is 22.4. The van der Waals surface area contributed by atoms with E-state index >= 15 is 0 Å². The minimum Gasteiger partial charge on any atom is -0.340 e. The van der Waals surface area contributed by atoms with Gasteiger partial charge in [0.25, 0.3) is 5.91 Å². The van der Waals surface area contributed by atoms with Crippen LogP contribution in [0.25, 0.3) is 0 Å². The number of piperidine rings is 1. The van der Waals surface area contributed by atoms with Crippen molar-refractivity contribution in [3.05, 3.63) is 65.5 Å². The van der Waals surface area contributed by atoms with Crippen LogP contribution in [-0.2, 0) is 11.3 Å². The van der Waals surface area contributed by atoms with Gasteiger partial charge in [-0.1, -0.05) is 32.9 Å². The Hall–Kier alpha value is -2.73. The van der Waals surface area contributed by atoms with Crippen molar-refractivity contribution >= 4 is 17.5 Å². The molecule has 2 aromatic rings. The monoisotopic (exact) mass is 425 g/mol. The van der Waals surface area contributed by atoms with Gasteiger partial charge in [0, 0.05) is 24.3 Å². The third-order valence-electron chi connectivity index (χ3n) is 5.71. The number of nitrogens with one attached hydrogen (secondary N) is 2. The number of rotatable bonds is 7. The number of halogens is 1. The molecule has 0 aliphatic carbocycles. The van der Waals surface area contributed by atoms with Gasteiger partial charge in [-0.15, -0.1) is 0 Å². The van der Waals surface area contributed by atoms with Crippen molar-refractivity contribution in [2.24, 2.45) is 11.8 Å². The van der Waals surface area contributed by atoms with Crippen LogP contribution in [0.4, 0.5) is 10.1 Å². The molecule has 2 unspecified atom stereocenters. The van der Waals surface area contributed by atoms with Crippen LogP contribution < -0.4 is 10.6 Å². The van der Waals surface area contributed by atoms with Gasteiger partial charge in [-0.25, -0.2) is 4.39 Å². The quantitative estimate of drug-likeness (QED) is 0.689. The number of carbonyl (C=O) groups is 2. The minimum atomic E-state index is -0.702. The van der Waals surface area contributed by atoms with Crippen LogP contribution in [0.15, 0.2) is 48.5 Å². The molecular weight excluding hydrogens is 393 g/mol. The number of nitrogens with zero attached hydrogens (tertiary/aromatic N) is 1. The summed E-state index contributed by atoms with van der Waals surface area (Å²) < 4.78 is 13.1. The topological polar surface area (TPSA) is 61.4 Å². The highest BCUT2D eigenvalue weighted by Gasteiger charge is 2.25. The van der Waals surface area contributed by atoms with Gasteiger partial charge in [-0.2, -0.15) is 0 Å². The molecule has 2 N–H and O–H groups in total. The highest BCUT2D eigenvalue weighted by atomic mass is 19.1. The number of anilines is 1. The lowest BCUT2D eigenvalue weighted by atomic mass is 10.00. The molecule has 3 rings (SSSR count). The molecule has 2 aromatic carbocycles. The molecule has 166 valence electrons. The second-order valence-electron chi connectivity index (χ2n) is 8.87. The molecule has 5 nitrogen and oxygen atoms in total. The van der Waals surface area contributed by atoms with Gasteiger partial charge < -0.3 is 10.6 Å². The van der Waals surface area contributed by atoms with Crippen molar-refractivity contribution in [2.45, 2.75) is 46.2 Å². The molecule has 0 bridgehead atoms. The molecule has 2 atom stereocenters. The normalized spacial score (nSPS) is 17.9. The van der Waals surface area contributed by atoms with Crippen molar-refractivity contribution in [1.29, 1.82) is 0 Å². The lowest BCUT2D eigenvalue weighted by Gasteiger charge is -2.30. The summed E-state index contributed by atoms with van der Waals surface area (Å²) in [5.41, 5.74) is 2.23. The number of amides is 2. The van der Waals surface area contributed by atoms with Gasteiger partial charge in [0.2, 0.25) is 5.91 Å². The summed E-state index contributed by atoms with van der Waals surface area (Å²) >= 11 is 0. The summed E-state index contributed by atoms with van der Waals surface area (Å²) in [6.45, 7) is 9.22. The number of benzene rings is 2. The third-order valence-corrected chi connectivity index (χ3v) is 5.71. The van der Waals surface area contributed by atoms with Crippen LogP contribution >= 0.6 is 0 Å². The fraction of sp³-hybridized carbons (Fsp3) is 0.440. The van der Waals surface area contributed by atoms with Crippen LogP contribution in [0, 0.1) is 17.7 Å². The van der Waals surface area contributed by atoms with Gasteiger partial charge in [0.15, 0.2) is 0 Å². The predicted molar refractivity (Wildman–Crippen MR) is 121 cm³/mol. The molecule has 1 fully saturated rings. The fourth-order valence-electron chi connectivity index (χ4n) is 3.96. The minimum absolute atomic E-state index is 0.107. The third kappa shape index (κ3) is 6.62. The Kier molecular flexibility index (Phi) is 7.80. The Morgan fingerprint density at radius 1 is 1.10 bits per heavy atom. The number of hydrogen-bond donors (Lipinski definition) is 2. The fourth-order valence-corrected chi connectivity index (χ4v) is 3.96. The molecule has 0 spiro atoms. The van der Waals surface area contributed by atoms with Crippen molar-refractivity contribution in [1.82, 2.24) is 10.2 Å². The molecular formula is C25H32FN3O2. The standard InChI is InChI=1S/C25H32FN3O2/c1-17(2)23(28-24(30)20-8-10-21(26)11-9-20)25(31)27-22-12-6-19(7-13-22)16-29-14-4-5-18(3)15-29/h6-13,17-18,23H,4-5,14-16H2,1-3H3,(H,27,31)(H,28,30). The predicted octanol–water partition coefficient (Wildman–Crippen LogP) is 4.45. The smallest absolute Gasteiger partial charge is 0.251 e. The van der Waals surface area contributed by atoms with E-state index in [0.29, 0.717) is 11.3 Å². The first-order chi connectivity index (χ1) is 14.8. The zero-order valence-electron chi connectivity index (χ0n) is 18.5. The van der Waals surface area contributed by atoms with Crippen molar-refractivity contribution in [3.63, 3.8) is 0 Å². The average Bonchev–Trinajstić information content (AvgIpc) is 2.73. The Balaban J connectivity index is 1.58. The largest absolute Gasteiger partial charge is 0.340 e. The first kappa shape index (κ1) is 22.9. The number of carbonyl (C=O) groups excluding carboxylic acids is 2. The number of hydrogen-bond acceptors (Lipinski definition) is 3. The van der Waals surface area contributed by atoms with Gasteiger partial charge in [0.1, 0.15) is 11.9 Å². The van der Waals surface area contributed by atoms with Crippen molar-refractivity contribution in [3.8, 4) is 0 Å². The maximum atomic E-state index is 13.1. The second kappa shape index (κ2) is 10.5. The van der Waals surface area contributed by atoms with Crippen LogP contribution in [0.3, 0.4) is 0 Å². The van der Waals surface area contributed by atoms with E-state index < -0.39 is 17.8 Å². The van der Waals surface area contributed by atoms with E-state index in [0.717, 1.165) is 25.6 Å². The highest BCUT2D eigenvalue weighted by molar-refractivity contribution is 6.01. The van der Waals surface area contributed by atoms with Crippen LogP contribution in [-0.4, -0.2) is 35.8 Å². The highest BCUT2D eigenvalue weighted by Crippen LogP contribution is 2.19. The van der Waals surface area contributed by atoms with E-state index in [1.165, 1.54) is 42.7 Å². The molecule has 0 saturated carbocycles. The Morgan fingerprint density at radius 3 is 2.39 bits per heavy atom. The summed E-state index contributed by atoms with van der Waals surface area (Å²) in [7, 11) is 0. The lowest BCUT2D eigenvalue weighted by Crippen LogP contribution is -2.47. The van der Waals surface area contributed by atoms with Gasteiger partial charge >= 0.3 is 0 Å². The van der Waals surface area contributed by atoms with E-state index in [1.54, 1.807) is 0 Å². The summed E-state index contributed by atoms with van der Waals surface area (Å²) in [5, 5.41) is 5.66. The SMILES string of the molecule is CC1CCCN(Cc2ccc(NC(=O)C(NC(=O)c3ccc(F)cc3)C(C)C)cc2)C1. The summed E-state index contributed by atoms with van der Waals surface area (Å²) in [5.74, 6) is -0.453. The van der Waals surface area contributed by atoms with Crippen LogP contribution in [0.1, 0.15) is 49.5 Å². The first-order valence-electron chi connectivity index (χ1n) is 11.0. The summed E-state index contributed by atoms with van der Waals surface area (Å²) in [4.78, 5) is 27.8. The van der Waals surface area contributed by atoms with E-state index in [1.807, 2.05) is 38.1 Å². The van der Waals surface area contributed by atoms with Gasteiger partial charge in [0.05, 0.1) is 0 Å². The van der Waals surface area contributed by atoms with Crippen LogP contribution in [0.2, 0.25) is 0 Å². The van der Waals surface area contributed by atoms with E-state index in [4.69, 9.17) is 0 Å². The number of likely N-dealkylation sites (tertiary alicyclic amines) is 1. The maximum Gasteiger partial charge on any atom is 0.251 e. The Labute approximate surface area is 184 Å². The summed E-state index contributed by atoms with van der Waals surface area (Å²) in [6, 6.07) is 12.4. The Morgan fingerprint density at radius 2 is 1.77 bits per heavy atom. The molecule has 0 aromatic heterocycles. The molecule has 1 aliphatic rings. The molecule has 31 heavy (non-hydrogen) atoms. The van der Waals surface area contributed by atoms with E-state index in [-0.39, 0.29) is 11.8 Å². The molecule has 1 saturated heterocycles. The average molecular weight is 426 g/mol. The molecule has 2 amide bonds. The zero-order valence-corrected chi connectivity index (χ0v) is 18.5. The van der Waals surface area contributed by atoms with Gasteiger partial charge in [-0.05, 0) is 73.2 Å². The van der Waals surface area contributed by atoms with E-state index in [9.17, 15) is 14.0 Å². The van der Waals surface area contributed by atoms with Gasteiger partial charge in [-0.3, -0.25) is 14.5 Å². The maximum absolute atomic E-state index is 13.1. The molecule has 1 heterocycles. The summed E-state index contributed by atoms with van der Waals surface area (Å²) in [6.07, 6.45) is 2.55.